The Labute approximate surface area is 166 Å². The number of carbonyl (C=O) groups is 1. The SMILES string of the molecule is COc1ccc(C(=O)N(Cc2ccc(N(C)C)cc2)[C@H]2CCS(=O)(=O)C2)cc1. The van der Waals surface area contributed by atoms with Crippen molar-refractivity contribution in [3.05, 3.63) is 59.7 Å². The number of benzene rings is 2. The quantitative estimate of drug-likeness (QED) is 0.743. The Hall–Kier alpha value is -2.54. The molecule has 0 aliphatic carbocycles. The predicted molar refractivity (Wildman–Crippen MR) is 111 cm³/mol. The Kier molecular flexibility index (Phi) is 5.93. The zero-order chi connectivity index (χ0) is 20.3. The van der Waals surface area contributed by atoms with Crippen LogP contribution in [0.25, 0.3) is 0 Å². The van der Waals surface area contributed by atoms with Gasteiger partial charge in [-0.3, -0.25) is 4.79 Å². The fourth-order valence-corrected chi connectivity index (χ4v) is 5.11. The smallest absolute Gasteiger partial charge is 0.254 e. The van der Waals surface area contributed by atoms with Crippen molar-refractivity contribution in [2.24, 2.45) is 0 Å². The minimum absolute atomic E-state index is 0.0185. The Morgan fingerprint density at radius 1 is 1.07 bits per heavy atom. The van der Waals surface area contributed by atoms with Crippen molar-refractivity contribution in [1.82, 2.24) is 4.90 Å². The molecule has 6 nitrogen and oxygen atoms in total. The van der Waals surface area contributed by atoms with E-state index in [-0.39, 0.29) is 23.5 Å². The number of nitrogens with zero attached hydrogens (tertiary/aromatic N) is 2. The number of hydrogen-bond acceptors (Lipinski definition) is 5. The number of ether oxygens (including phenoxy) is 1. The summed E-state index contributed by atoms with van der Waals surface area (Å²) in [5, 5.41) is 0. The van der Waals surface area contributed by atoms with Gasteiger partial charge in [0.15, 0.2) is 9.84 Å². The summed E-state index contributed by atoms with van der Waals surface area (Å²) in [7, 11) is 2.42. The highest BCUT2D eigenvalue weighted by Crippen LogP contribution is 2.24. The summed E-state index contributed by atoms with van der Waals surface area (Å²) in [6.45, 7) is 0.374. The van der Waals surface area contributed by atoms with E-state index in [4.69, 9.17) is 4.74 Å². The summed E-state index contributed by atoms with van der Waals surface area (Å²) in [4.78, 5) is 16.9. The average molecular weight is 403 g/mol. The van der Waals surface area contributed by atoms with E-state index in [1.54, 1.807) is 36.3 Å². The molecule has 0 saturated carbocycles. The highest BCUT2D eigenvalue weighted by Gasteiger charge is 2.35. The molecule has 3 rings (SSSR count). The molecule has 28 heavy (non-hydrogen) atoms. The summed E-state index contributed by atoms with van der Waals surface area (Å²) in [6.07, 6.45) is 0.472. The van der Waals surface area contributed by atoms with Crippen LogP contribution in [0.15, 0.2) is 48.5 Å². The van der Waals surface area contributed by atoms with Gasteiger partial charge in [-0.05, 0) is 48.4 Å². The zero-order valence-corrected chi connectivity index (χ0v) is 17.3. The molecule has 1 aliphatic heterocycles. The van der Waals surface area contributed by atoms with Crippen molar-refractivity contribution in [3.63, 3.8) is 0 Å². The van der Waals surface area contributed by atoms with Gasteiger partial charge in [0.1, 0.15) is 5.75 Å². The van der Waals surface area contributed by atoms with Crippen molar-refractivity contribution in [2.45, 2.75) is 19.0 Å². The van der Waals surface area contributed by atoms with Crippen molar-refractivity contribution >= 4 is 21.4 Å². The van der Waals surface area contributed by atoms with Gasteiger partial charge in [0.25, 0.3) is 5.91 Å². The van der Waals surface area contributed by atoms with E-state index in [9.17, 15) is 13.2 Å². The molecule has 1 atom stereocenters. The highest BCUT2D eigenvalue weighted by atomic mass is 32.2. The molecule has 1 fully saturated rings. The van der Waals surface area contributed by atoms with Crippen LogP contribution in [0, 0.1) is 0 Å². The van der Waals surface area contributed by atoms with Gasteiger partial charge in [-0.2, -0.15) is 0 Å². The molecule has 0 N–H and O–H groups in total. The van der Waals surface area contributed by atoms with Crippen LogP contribution in [0.3, 0.4) is 0 Å². The average Bonchev–Trinajstić information content (AvgIpc) is 3.05. The number of hydrogen-bond donors (Lipinski definition) is 0. The van der Waals surface area contributed by atoms with Crippen molar-refractivity contribution in [3.8, 4) is 5.75 Å². The van der Waals surface area contributed by atoms with Crippen LogP contribution in [0.5, 0.6) is 5.75 Å². The second-order valence-electron chi connectivity index (χ2n) is 7.28. The summed E-state index contributed by atoms with van der Waals surface area (Å²) in [5.41, 5.74) is 2.56. The standard InChI is InChI=1S/C21H26N2O4S/c1-22(2)18-8-4-16(5-9-18)14-23(19-12-13-28(25,26)15-19)21(24)17-6-10-20(27-3)11-7-17/h4-11,19H,12-15H2,1-3H3/t19-/m0/s1. The number of methoxy groups -OCH3 is 1. The third kappa shape index (κ3) is 4.65. The number of anilines is 1. The lowest BCUT2D eigenvalue weighted by atomic mass is 10.1. The van der Waals surface area contributed by atoms with Gasteiger partial charge in [0.2, 0.25) is 0 Å². The predicted octanol–water partition coefficient (Wildman–Crippen LogP) is 2.59. The first kappa shape index (κ1) is 20.2. The van der Waals surface area contributed by atoms with Gasteiger partial charge in [0.05, 0.1) is 18.6 Å². The lowest BCUT2D eigenvalue weighted by Gasteiger charge is -2.29. The second-order valence-corrected chi connectivity index (χ2v) is 9.51. The Bertz CT molecular complexity index is 922. The Morgan fingerprint density at radius 2 is 1.71 bits per heavy atom. The van der Waals surface area contributed by atoms with Crippen LogP contribution >= 0.6 is 0 Å². The maximum absolute atomic E-state index is 13.2. The van der Waals surface area contributed by atoms with Crippen LogP contribution in [0.1, 0.15) is 22.3 Å². The minimum atomic E-state index is -3.10. The Morgan fingerprint density at radius 3 is 2.21 bits per heavy atom. The number of carbonyl (C=O) groups excluding carboxylic acids is 1. The fourth-order valence-electron chi connectivity index (χ4n) is 3.38. The van der Waals surface area contributed by atoms with Crippen LogP contribution in [-0.4, -0.2) is 58.0 Å². The molecular weight excluding hydrogens is 376 g/mol. The molecule has 2 aromatic carbocycles. The second kappa shape index (κ2) is 8.22. The van der Waals surface area contributed by atoms with E-state index in [1.165, 1.54) is 0 Å². The molecule has 1 saturated heterocycles. The molecule has 0 spiro atoms. The Balaban J connectivity index is 1.87. The van der Waals surface area contributed by atoms with Gasteiger partial charge in [-0.15, -0.1) is 0 Å². The highest BCUT2D eigenvalue weighted by molar-refractivity contribution is 7.91. The van der Waals surface area contributed by atoms with Crippen LogP contribution in [-0.2, 0) is 16.4 Å². The molecule has 0 bridgehead atoms. The number of rotatable bonds is 6. The maximum atomic E-state index is 13.2. The largest absolute Gasteiger partial charge is 0.497 e. The van der Waals surface area contributed by atoms with E-state index < -0.39 is 9.84 Å². The molecular formula is C21H26N2O4S. The summed E-state index contributed by atoms with van der Waals surface area (Å²) >= 11 is 0. The van der Waals surface area contributed by atoms with E-state index >= 15 is 0 Å². The van der Waals surface area contributed by atoms with Gasteiger partial charge < -0.3 is 14.5 Å². The van der Waals surface area contributed by atoms with Crippen LogP contribution in [0.2, 0.25) is 0 Å². The molecule has 0 unspecified atom stereocenters. The molecule has 0 aromatic heterocycles. The molecule has 0 radical (unpaired) electrons. The molecule has 7 heteroatoms. The first-order valence-electron chi connectivity index (χ1n) is 9.21. The van der Waals surface area contributed by atoms with Gasteiger partial charge in [-0.25, -0.2) is 8.42 Å². The molecule has 150 valence electrons. The molecule has 1 heterocycles. The van der Waals surface area contributed by atoms with Gasteiger partial charge in [0, 0.05) is 37.9 Å². The normalized spacial score (nSPS) is 17.9. The molecule has 1 aliphatic rings. The third-order valence-electron chi connectivity index (χ3n) is 5.05. The summed E-state index contributed by atoms with van der Waals surface area (Å²) in [6, 6.07) is 14.5. The van der Waals surface area contributed by atoms with E-state index in [1.807, 2.05) is 43.3 Å². The fraction of sp³-hybridized carbons (Fsp3) is 0.381. The molecule has 2 aromatic rings. The zero-order valence-electron chi connectivity index (χ0n) is 16.5. The maximum Gasteiger partial charge on any atom is 0.254 e. The first-order valence-corrected chi connectivity index (χ1v) is 11.0. The van der Waals surface area contributed by atoms with E-state index in [2.05, 4.69) is 0 Å². The molecule has 1 amide bonds. The van der Waals surface area contributed by atoms with E-state index in [0.29, 0.717) is 24.3 Å². The van der Waals surface area contributed by atoms with Crippen LogP contribution < -0.4 is 9.64 Å². The topological polar surface area (TPSA) is 66.9 Å². The monoisotopic (exact) mass is 402 g/mol. The van der Waals surface area contributed by atoms with Crippen molar-refractivity contribution < 1.29 is 17.9 Å². The van der Waals surface area contributed by atoms with Gasteiger partial charge in [-0.1, -0.05) is 12.1 Å². The van der Waals surface area contributed by atoms with Crippen molar-refractivity contribution in [1.29, 1.82) is 0 Å². The van der Waals surface area contributed by atoms with Crippen LogP contribution in [0.4, 0.5) is 5.69 Å². The van der Waals surface area contributed by atoms with Crippen molar-refractivity contribution in [2.75, 3.05) is 37.6 Å². The number of amides is 1. The summed E-state index contributed by atoms with van der Waals surface area (Å²) < 4.78 is 29.2. The third-order valence-corrected chi connectivity index (χ3v) is 6.80. The lowest BCUT2D eigenvalue weighted by Crippen LogP contribution is -2.40. The number of sulfone groups is 1. The van der Waals surface area contributed by atoms with E-state index in [0.717, 1.165) is 11.3 Å². The lowest BCUT2D eigenvalue weighted by molar-refractivity contribution is 0.0681. The first-order chi connectivity index (χ1) is 13.3. The van der Waals surface area contributed by atoms with Gasteiger partial charge >= 0.3 is 0 Å². The summed E-state index contributed by atoms with van der Waals surface area (Å²) in [5.74, 6) is 0.654. The minimum Gasteiger partial charge on any atom is -0.497 e.